The number of carboxylic acid groups (broad SMARTS) is 1. The van der Waals surface area contributed by atoms with Gasteiger partial charge in [0.15, 0.2) is 0 Å². The molecule has 2 fully saturated rings. The molecule has 8 atom stereocenters. The van der Waals surface area contributed by atoms with Gasteiger partial charge in [0.05, 0.1) is 6.10 Å². The average molecular weight is 375 g/mol. The zero-order valence-electron chi connectivity index (χ0n) is 17.6. The Morgan fingerprint density at radius 2 is 1.89 bits per heavy atom. The highest BCUT2D eigenvalue weighted by Gasteiger charge is 2.48. The lowest BCUT2D eigenvalue weighted by Crippen LogP contribution is -2.48. The molecule has 0 heterocycles. The number of allylic oxidation sites excluding steroid dienone is 5. The Labute approximate surface area is 165 Å². The second-order valence-corrected chi connectivity index (χ2v) is 9.06. The van der Waals surface area contributed by atoms with Crippen LogP contribution in [0.2, 0.25) is 0 Å². The number of carbonyl (C=O) groups is 1. The Morgan fingerprint density at radius 3 is 2.52 bits per heavy atom. The van der Waals surface area contributed by atoms with Crippen molar-refractivity contribution in [2.45, 2.75) is 66.4 Å². The number of aliphatic carboxylic acids is 1. The minimum absolute atomic E-state index is 0.195. The maximum atomic E-state index is 10.8. The zero-order chi connectivity index (χ0) is 20.1. The summed E-state index contributed by atoms with van der Waals surface area (Å²) in [6.07, 6.45) is 13.4. The van der Waals surface area contributed by atoms with Crippen molar-refractivity contribution in [3.63, 3.8) is 0 Å². The first kappa shape index (κ1) is 21.9. The zero-order valence-corrected chi connectivity index (χ0v) is 17.6. The number of hydrogen-bond donors (Lipinski definition) is 2. The first-order chi connectivity index (χ1) is 12.8. The summed E-state index contributed by atoms with van der Waals surface area (Å²) in [6.45, 7) is 11.4. The van der Waals surface area contributed by atoms with Crippen LogP contribution in [0.3, 0.4) is 0 Å². The molecule has 2 aliphatic rings. The average Bonchev–Trinajstić information content (AvgIpc) is 2.60. The van der Waals surface area contributed by atoms with Crippen LogP contribution < -0.4 is 0 Å². The summed E-state index contributed by atoms with van der Waals surface area (Å²) in [5, 5.41) is 19.5. The molecular weight excluding hydrogens is 336 g/mol. The van der Waals surface area contributed by atoms with Crippen LogP contribution in [0.25, 0.3) is 0 Å². The number of aliphatic hydroxyl groups excluding tert-OH is 1. The number of hydrogen-bond acceptors (Lipinski definition) is 2. The van der Waals surface area contributed by atoms with Crippen LogP contribution in [0.15, 0.2) is 36.0 Å². The van der Waals surface area contributed by atoms with E-state index in [1.54, 1.807) is 6.08 Å². The number of fused-ring (bicyclic) bond motifs is 1. The molecule has 2 rings (SSSR count). The minimum atomic E-state index is -0.916. The van der Waals surface area contributed by atoms with Crippen molar-refractivity contribution in [3.8, 4) is 0 Å². The van der Waals surface area contributed by atoms with E-state index in [2.05, 4.69) is 46.8 Å². The minimum Gasteiger partial charge on any atom is -0.478 e. The van der Waals surface area contributed by atoms with E-state index in [4.69, 9.17) is 5.11 Å². The number of rotatable bonds is 6. The third-order valence-electron chi connectivity index (χ3n) is 7.08. The van der Waals surface area contributed by atoms with Gasteiger partial charge in [-0.3, -0.25) is 0 Å². The van der Waals surface area contributed by atoms with Crippen molar-refractivity contribution < 1.29 is 15.0 Å². The smallest absolute Gasteiger partial charge is 0.328 e. The predicted molar refractivity (Wildman–Crippen MR) is 111 cm³/mol. The molecular formula is C24H38O3. The molecule has 2 N–H and O–H groups in total. The van der Waals surface area contributed by atoms with Gasteiger partial charge in [-0.15, -0.1) is 0 Å². The Balaban J connectivity index is 2.39. The SMILES string of the molecule is CCC(C)/C=C(\C)[C@H]1[C@@H](/C=C/C=C/C(=O)O)[C@H]2[C@@H](C[C@H]1C)[C@@H](O)CC[C@@H]2C. The summed E-state index contributed by atoms with van der Waals surface area (Å²) in [7, 11) is 0. The van der Waals surface area contributed by atoms with Crippen LogP contribution in [-0.2, 0) is 4.79 Å². The molecule has 27 heavy (non-hydrogen) atoms. The van der Waals surface area contributed by atoms with Gasteiger partial charge < -0.3 is 10.2 Å². The molecule has 1 unspecified atom stereocenters. The lowest BCUT2D eigenvalue weighted by atomic mass is 9.53. The predicted octanol–water partition coefficient (Wildman–Crippen LogP) is 5.47. The van der Waals surface area contributed by atoms with E-state index in [0.29, 0.717) is 41.4 Å². The fourth-order valence-electron chi connectivity index (χ4n) is 5.70. The first-order valence-corrected chi connectivity index (χ1v) is 10.7. The summed E-state index contributed by atoms with van der Waals surface area (Å²) in [5.41, 5.74) is 1.46. The van der Waals surface area contributed by atoms with Gasteiger partial charge in [0.25, 0.3) is 0 Å². The second kappa shape index (κ2) is 9.73. The standard InChI is InChI=1S/C24H38O3/c1-6-15(2)13-17(4)23-18(5)14-20-21(25)12-11-16(3)24(20)19(23)9-7-8-10-22(26)27/h7-10,13,15-16,18-21,23-25H,6,11-12,14H2,1-5H3,(H,26,27)/b9-7+,10-8+,17-13+/t15?,16-,18+,19+,20-,21-,23+,24-/m0/s1. The van der Waals surface area contributed by atoms with Crippen LogP contribution in [-0.4, -0.2) is 22.3 Å². The van der Waals surface area contributed by atoms with E-state index in [-0.39, 0.29) is 6.10 Å². The highest BCUT2D eigenvalue weighted by Crippen LogP contribution is 2.53. The van der Waals surface area contributed by atoms with Gasteiger partial charge in [-0.2, -0.15) is 0 Å². The molecule has 3 heteroatoms. The molecule has 3 nitrogen and oxygen atoms in total. The van der Waals surface area contributed by atoms with Gasteiger partial charge in [-0.1, -0.05) is 64.0 Å². The Kier molecular flexibility index (Phi) is 7.91. The molecule has 0 aromatic heterocycles. The van der Waals surface area contributed by atoms with Gasteiger partial charge in [0.2, 0.25) is 0 Å². The van der Waals surface area contributed by atoms with E-state index in [1.165, 1.54) is 11.6 Å². The molecule has 0 bridgehead atoms. The Bertz CT molecular complexity index is 588. The molecule has 0 aliphatic heterocycles. The number of carboxylic acids is 1. The fourth-order valence-corrected chi connectivity index (χ4v) is 5.70. The molecule has 0 radical (unpaired) electrons. The fraction of sp³-hybridized carbons (Fsp3) is 0.708. The Morgan fingerprint density at radius 1 is 1.19 bits per heavy atom. The quantitative estimate of drug-likeness (QED) is 0.368. The van der Waals surface area contributed by atoms with Crippen LogP contribution in [0.1, 0.15) is 60.3 Å². The van der Waals surface area contributed by atoms with Crippen molar-refractivity contribution >= 4 is 5.97 Å². The lowest BCUT2D eigenvalue weighted by molar-refractivity contribution is -0.131. The van der Waals surface area contributed by atoms with Crippen LogP contribution >= 0.6 is 0 Å². The van der Waals surface area contributed by atoms with Crippen LogP contribution in [0, 0.1) is 41.4 Å². The van der Waals surface area contributed by atoms with E-state index < -0.39 is 5.97 Å². The molecule has 0 aromatic carbocycles. The number of aliphatic hydroxyl groups is 1. The van der Waals surface area contributed by atoms with E-state index in [9.17, 15) is 9.90 Å². The summed E-state index contributed by atoms with van der Waals surface area (Å²) in [4.78, 5) is 10.8. The Hall–Kier alpha value is -1.35. The molecule has 2 saturated carbocycles. The molecule has 2 aliphatic carbocycles. The first-order valence-electron chi connectivity index (χ1n) is 10.7. The summed E-state index contributed by atoms with van der Waals surface area (Å²) in [6, 6.07) is 0. The van der Waals surface area contributed by atoms with Gasteiger partial charge in [-0.05, 0) is 67.6 Å². The molecule has 152 valence electrons. The van der Waals surface area contributed by atoms with E-state index >= 15 is 0 Å². The third-order valence-corrected chi connectivity index (χ3v) is 7.08. The van der Waals surface area contributed by atoms with E-state index in [0.717, 1.165) is 25.7 Å². The van der Waals surface area contributed by atoms with Crippen LogP contribution in [0.5, 0.6) is 0 Å². The van der Waals surface area contributed by atoms with Crippen molar-refractivity contribution in [2.24, 2.45) is 41.4 Å². The molecule has 0 aromatic rings. The van der Waals surface area contributed by atoms with Crippen molar-refractivity contribution in [1.82, 2.24) is 0 Å². The highest BCUT2D eigenvalue weighted by atomic mass is 16.4. The lowest BCUT2D eigenvalue weighted by Gasteiger charge is -2.52. The van der Waals surface area contributed by atoms with Gasteiger partial charge in [-0.25, -0.2) is 4.79 Å². The maximum Gasteiger partial charge on any atom is 0.328 e. The molecule has 0 amide bonds. The van der Waals surface area contributed by atoms with Gasteiger partial charge in [0, 0.05) is 6.08 Å². The maximum absolute atomic E-state index is 10.8. The van der Waals surface area contributed by atoms with Crippen molar-refractivity contribution in [1.29, 1.82) is 0 Å². The van der Waals surface area contributed by atoms with Crippen molar-refractivity contribution in [3.05, 3.63) is 36.0 Å². The normalized spacial score (nSPS) is 38.9. The second-order valence-electron chi connectivity index (χ2n) is 9.06. The van der Waals surface area contributed by atoms with Gasteiger partial charge >= 0.3 is 5.97 Å². The van der Waals surface area contributed by atoms with Crippen LogP contribution in [0.4, 0.5) is 0 Å². The van der Waals surface area contributed by atoms with E-state index in [1.807, 2.05) is 6.08 Å². The molecule has 0 spiro atoms. The highest BCUT2D eigenvalue weighted by molar-refractivity contribution is 5.80. The summed E-state index contributed by atoms with van der Waals surface area (Å²) < 4.78 is 0. The summed E-state index contributed by atoms with van der Waals surface area (Å²) >= 11 is 0. The topological polar surface area (TPSA) is 57.5 Å². The molecule has 0 saturated heterocycles. The van der Waals surface area contributed by atoms with Crippen molar-refractivity contribution in [2.75, 3.05) is 0 Å². The monoisotopic (exact) mass is 374 g/mol. The largest absolute Gasteiger partial charge is 0.478 e. The summed E-state index contributed by atoms with van der Waals surface area (Å²) in [5.74, 6) is 2.39. The third kappa shape index (κ3) is 5.34. The van der Waals surface area contributed by atoms with Gasteiger partial charge in [0.1, 0.15) is 0 Å².